The minimum Gasteiger partial charge on any atom is -0.120 e. The van der Waals surface area contributed by atoms with Gasteiger partial charge in [0.1, 0.15) is 0 Å². The molecule has 0 amide bonds. The Kier molecular flexibility index (Phi) is 10.2. The molecule has 0 saturated heterocycles. The zero-order valence-electron chi connectivity index (χ0n) is 12.6. The monoisotopic (exact) mass is 244 g/mol. The van der Waals surface area contributed by atoms with E-state index in [0.29, 0.717) is 0 Å². The summed E-state index contributed by atoms with van der Waals surface area (Å²) in [5, 5.41) is 0. The summed E-state index contributed by atoms with van der Waals surface area (Å²) in [6.45, 7) is 8.74. The van der Waals surface area contributed by atoms with Gasteiger partial charge in [-0.2, -0.15) is 0 Å². The van der Waals surface area contributed by atoms with Crippen molar-refractivity contribution in [3.8, 4) is 12.3 Å². The Labute approximate surface area is 114 Å². The first-order valence-corrected chi connectivity index (χ1v) is 6.94. The molecule has 0 fully saturated rings. The summed E-state index contributed by atoms with van der Waals surface area (Å²) in [6, 6.07) is 0. The zero-order chi connectivity index (χ0) is 13.8. The zero-order valence-corrected chi connectivity index (χ0v) is 12.6. The van der Waals surface area contributed by atoms with Crippen molar-refractivity contribution in [1.29, 1.82) is 0 Å². The number of hydrogen-bond acceptors (Lipinski definition) is 0. The maximum absolute atomic E-state index is 5.23. The van der Waals surface area contributed by atoms with E-state index in [1.54, 1.807) is 0 Å². The van der Waals surface area contributed by atoms with Crippen LogP contribution in [0.5, 0.6) is 0 Å². The summed E-state index contributed by atoms with van der Waals surface area (Å²) in [4.78, 5) is 0. The van der Waals surface area contributed by atoms with Crippen LogP contribution in [0.2, 0.25) is 0 Å². The fourth-order valence-corrected chi connectivity index (χ4v) is 1.74. The van der Waals surface area contributed by atoms with Crippen LogP contribution in [0.1, 0.15) is 66.2 Å². The summed E-state index contributed by atoms with van der Waals surface area (Å²) in [6.07, 6.45) is 18.7. The molecule has 100 valence electrons. The number of terminal acetylenes is 1. The van der Waals surface area contributed by atoms with Gasteiger partial charge in [0, 0.05) is 6.42 Å². The average Bonchev–Trinajstić information content (AvgIpc) is 2.29. The Bertz CT molecular complexity index is 341. The predicted molar refractivity (Wildman–Crippen MR) is 83.5 cm³/mol. The first kappa shape index (κ1) is 16.8. The van der Waals surface area contributed by atoms with Gasteiger partial charge in [-0.3, -0.25) is 0 Å². The lowest BCUT2D eigenvalue weighted by Crippen LogP contribution is -1.81. The molecule has 0 aliphatic carbocycles. The largest absolute Gasteiger partial charge is 0.120 e. The molecule has 0 aromatic carbocycles. The molecule has 0 nitrogen and oxygen atoms in total. The molecule has 0 radical (unpaired) electrons. The highest BCUT2D eigenvalue weighted by Gasteiger charge is 1.91. The molecule has 0 heteroatoms. The molecule has 0 N–H and O–H groups in total. The van der Waals surface area contributed by atoms with Crippen molar-refractivity contribution in [2.24, 2.45) is 0 Å². The summed E-state index contributed by atoms with van der Waals surface area (Å²) in [7, 11) is 0. The lowest BCUT2D eigenvalue weighted by atomic mass is 10.1. The second kappa shape index (κ2) is 10.9. The fraction of sp³-hybridized carbons (Fsp3) is 0.556. The van der Waals surface area contributed by atoms with Crippen molar-refractivity contribution in [2.75, 3.05) is 0 Å². The van der Waals surface area contributed by atoms with Gasteiger partial charge in [0.15, 0.2) is 0 Å². The molecule has 0 spiro atoms. The van der Waals surface area contributed by atoms with Crippen LogP contribution < -0.4 is 0 Å². The first-order chi connectivity index (χ1) is 8.56. The Morgan fingerprint density at radius 1 is 0.833 bits per heavy atom. The molecule has 0 aromatic heterocycles. The molecular weight excluding hydrogens is 216 g/mol. The van der Waals surface area contributed by atoms with Crippen LogP contribution in [0.3, 0.4) is 0 Å². The molecule has 0 atom stereocenters. The van der Waals surface area contributed by atoms with E-state index < -0.39 is 0 Å². The third kappa shape index (κ3) is 11.3. The smallest absolute Gasteiger partial charge is 0.0121 e. The Morgan fingerprint density at radius 3 is 1.83 bits per heavy atom. The minimum absolute atomic E-state index is 0.856. The van der Waals surface area contributed by atoms with E-state index in [9.17, 15) is 0 Å². The first-order valence-electron chi connectivity index (χ1n) is 6.94. The SMILES string of the molecule is C#CCC/C=C(\C)CC/C=C(\C)CCC=C(C)C. The average molecular weight is 244 g/mol. The summed E-state index contributed by atoms with van der Waals surface area (Å²) >= 11 is 0. The van der Waals surface area contributed by atoms with Crippen LogP contribution in [-0.4, -0.2) is 0 Å². The highest BCUT2D eigenvalue weighted by molar-refractivity contribution is 5.05. The minimum atomic E-state index is 0.856. The maximum Gasteiger partial charge on any atom is 0.0121 e. The molecule has 0 heterocycles. The second-order valence-electron chi connectivity index (χ2n) is 5.20. The van der Waals surface area contributed by atoms with E-state index in [-0.39, 0.29) is 0 Å². The molecule has 0 bridgehead atoms. The van der Waals surface area contributed by atoms with Crippen molar-refractivity contribution in [1.82, 2.24) is 0 Å². The lowest BCUT2D eigenvalue weighted by molar-refractivity contribution is 0.909. The van der Waals surface area contributed by atoms with E-state index in [0.717, 1.165) is 25.7 Å². The van der Waals surface area contributed by atoms with Gasteiger partial charge in [0.05, 0.1) is 0 Å². The van der Waals surface area contributed by atoms with Crippen LogP contribution in [-0.2, 0) is 0 Å². The van der Waals surface area contributed by atoms with Crippen molar-refractivity contribution in [3.05, 3.63) is 34.9 Å². The molecule has 0 aliphatic rings. The van der Waals surface area contributed by atoms with Gasteiger partial charge in [0.2, 0.25) is 0 Å². The van der Waals surface area contributed by atoms with Gasteiger partial charge >= 0.3 is 0 Å². The standard InChI is InChI=1S/C18H28/c1-6-7-8-12-17(4)14-10-15-18(5)13-9-11-16(2)3/h1,11-12,15H,7-10,13-14H2,2-5H3/b17-12+,18-15+. The van der Waals surface area contributed by atoms with E-state index in [1.165, 1.54) is 29.6 Å². The predicted octanol–water partition coefficient (Wildman–Crippen LogP) is 5.82. The second-order valence-corrected chi connectivity index (χ2v) is 5.20. The van der Waals surface area contributed by atoms with Crippen LogP contribution in [0.25, 0.3) is 0 Å². The lowest BCUT2D eigenvalue weighted by Gasteiger charge is -2.01. The van der Waals surface area contributed by atoms with Gasteiger partial charge < -0.3 is 0 Å². The van der Waals surface area contributed by atoms with E-state index >= 15 is 0 Å². The number of allylic oxidation sites excluding steroid dienone is 6. The van der Waals surface area contributed by atoms with Crippen LogP contribution in [0.4, 0.5) is 0 Å². The fourth-order valence-electron chi connectivity index (χ4n) is 1.74. The summed E-state index contributed by atoms with van der Waals surface area (Å²) < 4.78 is 0. The van der Waals surface area contributed by atoms with Crippen molar-refractivity contribution in [2.45, 2.75) is 66.2 Å². The highest BCUT2D eigenvalue weighted by atomic mass is 14.0. The van der Waals surface area contributed by atoms with Crippen molar-refractivity contribution in [3.63, 3.8) is 0 Å². The quantitative estimate of drug-likeness (QED) is 0.287. The molecule has 0 saturated carbocycles. The molecule has 0 rings (SSSR count). The number of rotatable bonds is 8. The number of unbranched alkanes of at least 4 members (excludes halogenated alkanes) is 1. The van der Waals surface area contributed by atoms with Crippen LogP contribution in [0, 0.1) is 12.3 Å². The van der Waals surface area contributed by atoms with Crippen molar-refractivity contribution < 1.29 is 0 Å². The van der Waals surface area contributed by atoms with Gasteiger partial charge in [0.25, 0.3) is 0 Å². The van der Waals surface area contributed by atoms with Gasteiger partial charge in [-0.15, -0.1) is 12.3 Å². The summed E-state index contributed by atoms with van der Waals surface area (Å²) in [5.74, 6) is 2.67. The van der Waals surface area contributed by atoms with Gasteiger partial charge in [-0.05, 0) is 59.8 Å². The Balaban J connectivity index is 3.83. The third-order valence-corrected chi connectivity index (χ3v) is 2.90. The maximum atomic E-state index is 5.23. The Morgan fingerprint density at radius 2 is 1.33 bits per heavy atom. The van der Waals surface area contributed by atoms with Crippen LogP contribution >= 0.6 is 0 Å². The number of hydrogen-bond donors (Lipinski definition) is 0. The van der Waals surface area contributed by atoms with Gasteiger partial charge in [-0.1, -0.05) is 34.9 Å². The van der Waals surface area contributed by atoms with Gasteiger partial charge in [-0.25, -0.2) is 0 Å². The molecule has 0 aromatic rings. The Hall–Kier alpha value is -1.22. The summed E-state index contributed by atoms with van der Waals surface area (Å²) in [5.41, 5.74) is 4.37. The van der Waals surface area contributed by atoms with Crippen LogP contribution in [0.15, 0.2) is 34.9 Å². The normalized spacial score (nSPS) is 12.2. The molecular formula is C18H28. The van der Waals surface area contributed by atoms with Crippen molar-refractivity contribution >= 4 is 0 Å². The third-order valence-electron chi connectivity index (χ3n) is 2.90. The van der Waals surface area contributed by atoms with E-state index in [1.807, 2.05) is 0 Å². The molecule has 0 aliphatic heterocycles. The highest BCUT2D eigenvalue weighted by Crippen LogP contribution is 2.11. The molecule has 0 unspecified atom stereocenters. The van der Waals surface area contributed by atoms with E-state index in [2.05, 4.69) is 51.8 Å². The molecule has 18 heavy (non-hydrogen) atoms. The van der Waals surface area contributed by atoms with E-state index in [4.69, 9.17) is 6.42 Å². The topological polar surface area (TPSA) is 0 Å².